The fourth-order valence-electron chi connectivity index (χ4n) is 1.58. The molecular weight excluding hydrogens is 204 g/mol. The summed E-state index contributed by atoms with van der Waals surface area (Å²) in [5.74, 6) is 0.908. The standard InChI is InChI=1S/C12H24O2Si/c1-12(2,3)15(4,5)14-9-10-6-7-11(13)8-10/h10H,6-9H2,1-5H3/t10-/m1/s1. The molecule has 88 valence electrons. The minimum atomic E-state index is -1.61. The molecule has 1 saturated carbocycles. The Hall–Kier alpha value is -0.153. The van der Waals surface area contributed by atoms with E-state index in [0.717, 1.165) is 25.9 Å². The number of carbonyl (C=O) groups is 1. The highest BCUT2D eigenvalue weighted by Gasteiger charge is 2.38. The second kappa shape index (κ2) is 4.38. The molecule has 1 aliphatic carbocycles. The molecular formula is C12H24O2Si. The summed E-state index contributed by atoms with van der Waals surface area (Å²) in [6.07, 6.45) is 2.55. The van der Waals surface area contributed by atoms with Crippen LogP contribution in [0, 0.1) is 5.92 Å². The summed E-state index contributed by atoms with van der Waals surface area (Å²) in [5.41, 5.74) is 0. The Labute approximate surface area is 94.5 Å². The maximum absolute atomic E-state index is 11.1. The molecule has 3 heteroatoms. The van der Waals surface area contributed by atoms with Crippen LogP contribution in [0.5, 0.6) is 0 Å². The van der Waals surface area contributed by atoms with Gasteiger partial charge in [-0.05, 0) is 30.5 Å². The van der Waals surface area contributed by atoms with Gasteiger partial charge in [0.2, 0.25) is 0 Å². The molecule has 0 aliphatic heterocycles. The van der Waals surface area contributed by atoms with E-state index in [9.17, 15) is 4.79 Å². The zero-order chi connectivity index (χ0) is 11.7. The van der Waals surface area contributed by atoms with Crippen LogP contribution >= 0.6 is 0 Å². The summed E-state index contributed by atoms with van der Waals surface area (Å²) < 4.78 is 6.11. The highest BCUT2D eigenvalue weighted by molar-refractivity contribution is 6.74. The minimum Gasteiger partial charge on any atom is -0.417 e. The van der Waals surface area contributed by atoms with Gasteiger partial charge in [0, 0.05) is 19.4 Å². The van der Waals surface area contributed by atoms with Crippen molar-refractivity contribution in [2.45, 2.75) is 58.2 Å². The molecule has 0 saturated heterocycles. The van der Waals surface area contributed by atoms with Crippen molar-refractivity contribution in [3.05, 3.63) is 0 Å². The third-order valence-electron chi connectivity index (χ3n) is 3.83. The van der Waals surface area contributed by atoms with Gasteiger partial charge >= 0.3 is 0 Å². The average molecular weight is 228 g/mol. The zero-order valence-electron chi connectivity index (χ0n) is 10.7. The molecule has 1 fully saturated rings. The van der Waals surface area contributed by atoms with E-state index in [2.05, 4.69) is 33.9 Å². The van der Waals surface area contributed by atoms with Crippen LogP contribution in [-0.2, 0) is 9.22 Å². The maximum atomic E-state index is 11.1. The molecule has 0 amide bonds. The Morgan fingerprint density at radius 3 is 2.40 bits per heavy atom. The number of Topliss-reactive ketones (excluding diaryl/α,β-unsaturated/α-hetero) is 1. The lowest BCUT2D eigenvalue weighted by molar-refractivity contribution is -0.117. The summed E-state index contributed by atoms with van der Waals surface area (Å²) in [6.45, 7) is 12.1. The van der Waals surface area contributed by atoms with E-state index in [-0.39, 0.29) is 5.04 Å². The van der Waals surface area contributed by atoms with Crippen molar-refractivity contribution in [3.63, 3.8) is 0 Å². The van der Waals surface area contributed by atoms with Gasteiger partial charge in [-0.3, -0.25) is 4.79 Å². The van der Waals surface area contributed by atoms with Gasteiger partial charge in [-0.25, -0.2) is 0 Å². The van der Waals surface area contributed by atoms with Gasteiger partial charge in [-0.1, -0.05) is 20.8 Å². The molecule has 15 heavy (non-hydrogen) atoms. The number of carbonyl (C=O) groups excluding carboxylic acids is 1. The molecule has 1 aliphatic rings. The van der Waals surface area contributed by atoms with Crippen LogP contribution in [0.1, 0.15) is 40.0 Å². The van der Waals surface area contributed by atoms with Crippen molar-refractivity contribution in [1.82, 2.24) is 0 Å². The monoisotopic (exact) mass is 228 g/mol. The third-order valence-corrected chi connectivity index (χ3v) is 8.33. The molecule has 1 rings (SSSR count). The second-order valence-corrected chi connectivity index (χ2v) is 11.0. The molecule has 1 atom stereocenters. The SMILES string of the molecule is CC(C)(C)[Si](C)(C)OC[C@@H]1CCC(=O)C1. The number of rotatable bonds is 3. The lowest BCUT2D eigenvalue weighted by Gasteiger charge is -2.36. The smallest absolute Gasteiger partial charge is 0.191 e. The van der Waals surface area contributed by atoms with Crippen molar-refractivity contribution >= 4 is 14.1 Å². The first kappa shape index (κ1) is 12.9. The summed E-state index contributed by atoms with van der Waals surface area (Å²) in [5, 5.41) is 0.273. The summed E-state index contributed by atoms with van der Waals surface area (Å²) >= 11 is 0. The molecule has 0 aromatic rings. The molecule has 0 radical (unpaired) electrons. The quantitative estimate of drug-likeness (QED) is 0.692. The van der Waals surface area contributed by atoms with Gasteiger partial charge < -0.3 is 4.43 Å². The van der Waals surface area contributed by atoms with E-state index in [1.54, 1.807) is 0 Å². The van der Waals surface area contributed by atoms with Crippen LogP contribution in [0.2, 0.25) is 18.1 Å². The van der Waals surface area contributed by atoms with Crippen LogP contribution in [0.3, 0.4) is 0 Å². The maximum Gasteiger partial charge on any atom is 0.191 e. The van der Waals surface area contributed by atoms with Crippen molar-refractivity contribution in [2.75, 3.05) is 6.61 Å². The number of hydrogen-bond acceptors (Lipinski definition) is 2. The second-order valence-electron chi connectivity index (χ2n) is 6.22. The zero-order valence-corrected chi connectivity index (χ0v) is 11.7. The summed E-state index contributed by atoms with van der Waals surface area (Å²) in [7, 11) is -1.61. The van der Waals surface area contributed by atoms with E-state index >= 15 is 0 Å². The van der Waals surface area contributed by atoms with E-state index < -0.39 is 8.32 Å². The van der Waals surface area contributed by atoms with Gasteiger partial charge in [-0.15, -0.1) is 0 Å². The van der Waals surface area contributed by atoms with Crippen LogP contribution in [0.15, 0.2) is 0 Å². The van der Waals surface area contributed by atoms with Crippen LogP contribution in [-0.4, -0.2) is 20.7 Å². The largest absolute Gasteiger partial charge is 0.417 e. The van der Waals surface area contributed by atoms with Gasteiger partial charge in [0.25, 0.3) is 0 Å². The Morgan fingerprint density at radius 2 is 2.00 bits per heavy atom. The van der Waals surface area contributed by atoms with E-state index in [0.29, 0.717) is 11.7 Å². The normalized spacial score (nSPS) is 23.5. The highest BCUT2D eigenvalue weighted by Crippen LogP contribution is 2.37. The van der Waals surface area contributed by atoms with Crippen molar-refractivity contribution < 1.29 is 9.22 Å². The Bertz CT molecular complexity index is 240. The lowest BCUT2D eigenvalue weighted by Crippen LogP contribution is -2.41. The lowest BCUT2D eigenvalue weighted by atomic mass is 10.1. The summed E-state index contributed by atoms with van der Waals surface area (Å²) in [4.78, 5) is 11.1. The first-order valence-electron chi connectivity index (χ1n) is 5.88. The first-order chi connectivity index (χ1) is 6.72. The highest BCUT2D eigenvalue weighted by atomic mass is 28.4. The van der Waals surface area contributed by atoms with E-state index in [1.807, 2.05) is 0 Å². The molecule has 2 nitrogen and oxygen atoms in total. The summed E-state index contributed by atoms with van der Waals surface area (Å²) in [6, 6.07) is 0. The van der Waals surface area contributed by atoms with Crippen LogP contribution < -0.4 is 0 Å². The van der Waals surface area contributed by atoms with Gasteiger partial charge in [0.05, 0.1) is 0 Å². The average Bonchev–Trinajstić information content (AvgIpc) is 2.46. The van der Waals surface area contributed by atoms with Crippen molar-refractivity contribution in [1.29, 1.82) is 0 Å². The molecule has 0 heterocycles. The Balaban J connectivity index is 2.40. The predicted octanol–water partition coefficient (Wildman–Crippen LogP) is 3.38. The van der Waals surface area contributed by atoms with Crippen LogP contribution in [0.25, 0.3) is 0 Å². The van der Waals surface area contributed by atoms with E-state index in [4.69, 9.17) is 4.43 Å². The molecule has 0 spiro atoms. The molecule has 0 N–H and O–H groups in total. The molecule has 0 bridgehead atoms. The topological polar surface area (TPSA) is 26.3 Å². The van der Waals surface area contributed by atoms with Gasteiger partial charge in [0.1, 0.15) is 5.78 Å². The molecule has 0 unspecified atom stereocenters. The van der Waals surface area contributed by atoms with Crippen molar-refractivity contribution in [3.8, 4) is 0 Å². The predicted molar refractivity (Wildman–Crippen MR) is 65.5 cm³/mol. The first-order valence-corrected chi connectivity index (χ1v) is 8.79. The Kier molecular flexibility index (Phi) is 3.77. The minimum absolute atomic E-state index is 0.273. The van der Waals surface area contributed by atoms with Crippen LogP contribution in [0.4, 0.5) is 0 Å². The fraction of sp³-hybridized carbons (Fsp3) is 0.917. The van der Waals surface area contributed by atoms with Gasteiger partial charge in [0.15, 0.2) is 8.32 Å². The van der Waals surface area contributed by atoms with Gasteiger partial charge in [-0.2, -0.15) is 0 Å². The molecule has 0 aromatic heterocycles. The van der Waals surface area contributed by atoms with Crippen molar-refractivity contribution in [2.24, 2.45) is 5.92 Å². The van der Waals surface area contributed by atoms with E-state index in [1.165, 1.54) is 0 Å². The fourth-order valence-corrected chi connectivity index (χ4v) is 2.66. The third kappa shape index (κ3) is 3.42. The Morgan fingerprint density at radius 1 is 1.40 bits per heavy atom. The number of hydrogen-bond donors (Lipinski definition) is 0. The number of ketones is 1. The molecule has 0 aromatic carbocycles.